The number of benzene rings is 2. The summed E-state index contributed by atoms with van der Waals surface area (Å²) in [6.07, 6.45) is 0. The summed E-state index contributed by atoms with van der Waals surface area (Å²) >= 11 is 0. The van der Waals surface area contributed by atoms with Gasteiger partial charge in [0.05, 0.1) is 9.79 Å². The van der Waals surface area contributed by atoms with Crippen LogP contribution in [-0.2, 0) is 20.0 Å². The van der Waals surface area contributed by atoms with E-state index in [-0.39, 0.29) is 15.9 Å². The van der Waals surface area contributed by atoms with E-state index in [4.69, 9.17) is 5.14 Å². The van der Waals surface area contributed by atoms with Crippen molar-refractivity contribution in [2.24, 2.45) is 5.14 Å². The zero-order valence-electron chi connectivity index (χ0n) is 11.4. The van der Waals surface area contributed by atoms with Crippen LogP contribution < -0.4 is 16.2 Å². The molecule has 2 aromatic rings. The van der Waals surface area contributed by atoms with Crippen molar-refractivity contribution < 1.29 is 21.3 Å². The maximum Gasteiger partial charge on any atom is 0.266 e. The van der Waals surface area contributed by atoms with Gasteiger partial charge in [0.15, 0.2) is 0 Å². The van der Waals surface area contributed by atoms with Crippen molar-refractivity contribution in [2.75, 3.05) is 0 Å². The van der Waals surface area contributed by atoms with Gasteiger partial charge in [-0.1, -0.05) is 36.4 Å². The monoisotopic (exact) mass is 349 g/mol. The van der Waals surface area contributed by atoms with Crippen LogP contribution >= 0.6 is 0 Å². The van der Waals surface area contributed by atoms with Crippen LogP contribution in [0.25, 0.3) is 0 Å². The lowest BCUT2D eigenvalue weighted by Gasteiger charge is -1.96. The van der Waals surface area contributed by atoms with E-state index in [1.54, 1.807) is 24.3 Å². The second kappa shape index (κ2) is 8.56. The Hall–Kier alpha value is -1.85. The fraction of sp³-hybridized carbons (Fsp3) is 0. The number of halogens is 1. The molecule has 0 bridgehead atoms. The molecule has 22 heavy (non-hydrogen) atoms. The minimum absolute atomic E-state index is 0. The number of nitrogens with one attached hydrogen (secondary N) is 1. The highest BCUT2D eigenvalue weighted by molar-refractivity contribution is 7.89. The van der Waals surface area contributed by atoms with Crippen LogP contribution in [0.2, 0.25) is 0 Å². The average Bonchev–Trinajstić information content (AvgIpc) is 2.49. The molecule has 0 atom stereocenters. The molecular weight excluding hydrogens is 333 g/mol. The van der Waals surface area contributed by atoms with Crippen molar-refractivity contribution in [1.29, 1.82) is 0 Å². The first-order chi connectivity index (χ1) is 9.77. The molecule has 0 fully saturated rings. The molecule has 0 heterocycles. The average molecular weight is 349 g/mol. The van der Waals surface area contributed by atoms with Crippen molar-refractivity contribution in [2.45, 2.75) is 9.79 Å². The Morgan fingerprint density at radius 3 is 1.41 bits per heavy atom. The molecule has 7 nitrogen and oxygen atoms in total. The highest BCUT2D eigenvalue weighted by Gasteiger charge is 2.11. The van der Waals surface area contributed by atoms with Crippen LogP contribution in [0.15, 0.2) is 70.5 Å². The molecule has 0 aliphatic carbocycles. The molecule has 0 aliphatic heterocycles. The maximum absolute atomic E-state index is 11.6. The van der Waals surface area contributed by atoms with Gasteiger partial charge < -0.3 is 6.15 Å². The van der Waals surface area contributed by atoms with Crippen molar-refractivity contribution in [3.63, 3.8) is 0 Å². The Bertz CT molecular complexity index is 767. The first-order valence-corrected chi connectivity index (χ1v) is 8.55. The van der Waals surface area contributed by atoms with Crippen molar-refractivity contribution in [1.82, 2.24) is 11.1 Å². The van der Waals surface area contributed by atoms with Crippen LogP contribution in [-0.4, -0.2) is 16.8 Å². The van der Waals surface area contributed by atoms with E-state index >= 15 is 0 Å². The molecule has 2 aromatic carbocycles. The molecule has 0 spiro atoms. The van der Waals surface area contributed by atoms with Gasteiger partial charge in [0.25, 0.3) is 10.0 Å². The first kappa shape index (κ1) is 20.1. The molecule has 0 aromatic heterocycles. The van der Waals surface area contributed by atoms with E-state index in [2.05, 4.69) is 0 Å². The molecular formula is C12H16FN3O4S2. The number of hydrogen-bond acceptors (Lipinski definition) is 5. The van der Waals surface area contributed by atoms with E-state index in [0.29, 0.717) is 0 Å². The molecule has 0 radical (unpaired) electrons. The Labute approximate surface area is 128 Å². The van der Waals surface area contributed by atoms with Crippen LogP contribution in [0.3, 0.4) is 0 Å². The molecule has 0 aliphatic rings. The summed E-state index contributed by atoms with van der Waals surface area (Å²) in [7, 11) is -7.42. The number of rotatable bonds is 3. The first-order valence-electron chi connectivity index (χ1n) is 5.53. The highest BCUT2D eigenvalue weighted by atomic mass is 32.2. The van der Waals surface area contributed by atoms with Gasteiger partial charge in [-0.25, -0.2) is 22.0 Å². The number of sulfonamides is 2. The summed E-state index contributed by atoms with van der Waals surface area (Å²) in [6, 6.07) is 15.2. The van der Waals surface area contributed by atoms with Gasteiger partial charge in [0.2, 0.25) is 10.0 Å². The molecule has 10 heteroatoms. The van der Waals surface area contributed by atoms with E-state index in [1.807, 2.05) is 0 Å². The third kappa shape index (κ3) is 6.28. The smallest absolute Gasteiger partial charge is 0.266 e. The van der Waals surface area contributed by atoms with Crippen LogP contribution in [0, 0.1) is 0 Å². The fourth-order valence-corrected chi connectivity index (χ4v) is 2.40. The van der Waals surface area contributed by atoms with Gasteiger partial charge in [-0.3, -0.25) is 0 Å². The van der Waals surface area contributed by atoms with E-state index in [0.717, 1.165) is 4.94 Å². The number of nitrogens with two attached hydrogens (primary N) is 1. The minimum atomic E-state index is -3.91. The van der Waals surface area contributed by atoms with E-state index in [9.17, 15) is 21.3 Å². The lowest BCUT2D eigenvalue weighted by atomic mass is 10.4. The topological polar surface area (TPSA) is 141 Å². The van der Waals surface area contributed by atoms with Gasteiger partial charge in [-0.2, -0.15) is 0 Å². The minimum Gasteiger partial charge on any atom is -0.344 e. The molecule has 0 amide bonds. The standard InChI is InChI=1S/C6H6FNO2S.C6H7NO2S.H3N/c7-8-11(9,10)6-4-2-1-3-5-6;7-10(8,9)6-4-2-1-3-5-6;/h1-5,8H;1-5H,(H2,7,8,9);1H3. The van der Waals surface area contributed by atoms with E-state index < -0.39 is 20.0 Å². The second-order valence-corrected chi connectivity index (χ2v) is 6.95. The molecule has 6 N–H and O–H groups in total. The summed E-state index contributed by atoms with van der Waals surface area (Å²) in [5.41, 5.74) is 0. The third-order valence-electron chi connectivity index (χ3n) is 2.23. The van der Waals surface area contributed by atoms with Crippen LogP contribution in [0.1, 0.15) is 0 Å². The van der Waals surface area contributed by atoms with Crippen molar-refractivity contribution >= 4 is 20.0 Å². The molecule has 0 saturated heterocycles. The SMILES string of the molecule is N.NS(=O)(=O)c1ccccc1.O=S(=O)(NF)c1ccccc1. The van der Waals surface area contributed by atoms with Gasteiger partial charge in [-0.15, -0.1) is 4.48 Å². The number of primary sulfonamides is 1. The maximum atomic E-state index is 11.6. The zero-order chi connectivity index (χ0) is 15.9. The summed E-state index contributed by atoms with van der Waals surface area (Å²) in [5, 5.41) is 4.83. The quantitative estimate of drug-likeness (QED) is 0.717. The Balaban J connectivity index is 0.000000385. The Morgan fingerprint density at radius 1 is 0.773 bits per heavy atom. The Morgan fingerprint density at radius 2 is 1.14 bits per heavy atom. The van der Waals surface area contributed by atoms with Gasteiger partial charge in [0.1, 0.15) is 0 Å². The summed E-state index contributed by atoms with van der Waals surface area (Å²) in [6.45, 7) is 0. The van der Waals surface area contributed by atoms with Crippen LogP contribution in [0.5, 0.6) is 0 Å². The zero-order valence-corrected chi connectivity index (χ0v) is 13.0. The molecule has 2 rings (SSSR count). The summed E-state index contributed by atoms with van der Waals surface area (Å²) < 4.78 is 54.3. The molecule has 0 unspecified atom stereocenters. The van der Waals surface area contributed by atoms with Gasteiger partial charge >= 0.3 is 0 Å². The second-order valence-electron chi connectivity index (χ2n) is 3.75. The lowest BCUT2D eigenvalue weighted by Crippen LogP contribution is -2.14. The normalized spacial score (nSPS) is 10.8. The predicted molar refractivity (Wildman–Crippen MR) is 80.7 cm³/mol. The van der Waals surface area contributed by atoms with Gasteiger partial charge in [-0.05, 0) is 29.2 Å². The van der Waals surface area contributed by atoms with E-state index in [1.165, 1.54) is 36.4 Å². The van der Waals surface area contributed by atoms with Gasteiger partial charge in [0, 0.05) is 0 Å². The Kier molecular flexibility index (Phi) is 7.84. The summed E-state index contributed by atoms with van der Waals surface area (Å²) in [5.74, 6) is 0. The lowest BCUT2D eigenvalue weighted by molar-refractivity contribution is 0.425. The van der Waals surface area contributed by atoms with Crippen molar-refractivity contribution in [3.8, 4) is 0 Å². The molecule has 0 saturated carbocycles. The molecule has 122 valence electrons. The fourth-order valence-electron chi connectivity index (χ4n) is 1.25. The summed E-state index contributed by atoms with van der Waals surface area (Å²) in [4.78, 5) is 0.797. The largest absolute Gasteiger partial charge is 0.344 e. The highest BCUT2D eigenvalue weighted by Crippen LogP contribution is 2.06. The van der Waals surface area contributed by atoms with Crippen molar-refractivity contribution in [3.05, 3.63) is 60.7 Å². The predicted octanol–water partition coefficient (Wildman–Crippen LogP) is 1.35. The number of hydrogen-bond donors (Lipinski definition) is 3. The van der Waals surface area contributed by atoms with Crippen LogP contribution in [0.4, 0.5) is 4.48 Å². The third-order valence-corrected chi connectivity index (χ3v) is 4.25.